The van der Waals surface area contributed by atoms with E-state index in [4.69, 9.17) is 9.47 Å². The summed E-state index contributed by atoms with van der Waals surface area (Å²) in [6.07, 6.45) is 0.811. The van der Waals surface area contributed by atoms with Gasteiger partial charge in [0.2, 0.25) is 5.91 Å². The molecule has 0 bridgehead atoms. The van der Waals surface area contributed by atoms with Crippen molar-refractivity contribution in [1.29, 1.82) is 0 Å². The Morgan fingerprint density at radius 1 is 1.09 bits per heavy atom. The van der Waals surface area contributed by atoms with Gasteiger partial charge >= 0.3 is 0 Å². The predicted octanol–water partition coefficient (Wildman–Crippen LogP) is 5.06. The summed E-state index contributed by atoms with van der Waals surface area (Å²) in [5.74, 6) is 1.47. The van der Waals surface area contributed by atoms with Gasteiger partial charge in [-0.2, -0.15) is 0 Å². The van der Waals surface area contributed by atoms with Crippen LogP contribution in [-0.4, -0.2) is 55.0 Å². The molecule has 0 radical (unpaired) electrons. The first kappa shape index (κ1) is 24.8. The fourth-order valence-corrected chi connectivity index (χ4v) is 5.35. The van der Waals surface area contributed by atoms with Crippen molar-refractivity contribution < 1.29 is 19.1 Å². The second kappa shape index (κ2) is 11.4. The van der Waals surface area contributed by atoms with Crippen LogP contribution in [0.5, 0.6) is 11.5 Å². The van der Waals surface area contributed by atoms with E-state index in [0.29, 0.717) is 31.0 Å². The summed E-state index contributed by atoms with van der Waals surface area (Å²) in [7, 11) is 1.62. The lowest BCUT2D eigenvalue weighted by Crippen LogP contribution is -2.48. The number of hydrogen-bond donors (Lipinski definition) is 0. The average Bonchev–Trinajstić information content (AvgIpc) is 3.36. The molecule has 1 aliphatic rings. The van der Waals surface area contributed by atoms with E-state index in [1.54, 1.807) is 35.5 Å². The Kier molecular flexibility index (Phi) is 8.08. The van der Waals surface area contributed by atoms with E-state index in [9.17, 15) is 9.59 Å². The molecule has 0 spiro atoms. The number of carbonyl (C=O) groups excluding carboxylic acids is 2. The standard InChI is InChI=1S/C28H32N2O4S/c1-20(2)17-29(28(32)21-8-5-4-6-9-21)18-27(31)30-14-12-26-24(13-15-35-26)25(30)19-34-23-11-7-10-22(16-23)33-3/h4-11,13,15-16,20,25H,12,14,17-19H2,1-3H3/t25-/m1/s1. The van der Waals surface area contributed by atoms with Crippen LogP contribution in [0.1, 0.15) is 40.7 Å². The molecule has 3 aromatic rings. The molecule has 1 atom stereocenters. The van der Waals surface area contributed by atoms with Crippen LogP contribution in [0.3, 0.4) is 0 Å². The number of rotatable bonds is 9. The summed E-state index contributed by atoms with van der Waals surface area (Å²) in [6.45, 7) is 5.61. The van der Waals surface area contributed by atoms with Gasteiger partial charge < -0.3 is 19.3 Å². The third-order valence-electron chi connectivity index (χ3n) is 6.08. The first-order valence-electron chi connectivity index (χ1n) is 11.9. The van der Waals surface area contributed by atoms with Crippen LogP contribution in [0.15, 0.2) is 66.0 Å². The molecule has 1 aromatic heterocycles. The molecule has 0 saturated heterocycles. The van der Waals surface area contributed by atoms with Gasteiger partial charge in [-0.1, -0.05) is 38.1 Å². The maximum atomic E-state index is 13.6. The Morgan fingerprint density at radius 2 is 1.86 bits per heavy atom. The Morgan fingerprint density at radius 3 is 2.60 bits per heavy atom. The van der Waals surface area contributed by atoms with Gasteiger partial charge in [-0.3, -0.25) is 9.59 Å². The van der Waals surface area contributed by atoms with Crippen LogP contribution in [0.25, 0.3) is 0 Å². The van der Waals surface area contributed by atoms with E-state index in [-0.39, 0.29) is 30.3 Å². The molecule has 184 valence electrons. The number of thiophene rings is 1. The van der Waals surface area contributed by atoms with E-state index < -0.39 is 0 Å². The summed E-state index contributed by atoms with van der Waals surface area (Å²) in [5, 5.41) is 2.07. The van der Waals surface area contributed by atoms with Crippen molar-refractivity contribution >= 4 is 23.2 Å². The highest BCUT2D eigenvalue weighted by molar-refractivity contribution is 7.10. The molecule has 6 nitrogen and oxygen atoms in total. The third-order valence-corrected chi connectivity index (χ3v) is 7.08. The molecule has 0 saturated carbocycles. The van der Waals surface area contributed by atoms with Gasteiger partial charge in [0.15, 0.2) is 0 Å². The van der Waals surface area contributed by atoms with Gasteiger partial charge in [0.05, 0.1) is 13.2 Å². The molecule has 35 heavy (non-hydrogen) atoms. The third kappa shape index (κ3) is 6.03. The molecule has 1 aliphatic heterocycles. The minimum Gasteiger partial charge on any atom is -0.497 e. The molecule has 2 heterocycles. The largest absolute Gasteiger partial charge is 0.497 e. The Bertz CT molecular complexity index is 1140. The smallest absolute Gasteiger partial charge is 0.254 e. The molecule has 0 aliphatic carbocycles. The number of amides is 2. The Hall–Kier alpha value is -3.32. The fourth-order valence-electron chi connectivity index (χ4n) is 4.42. The van der Waals surface area contributed by atoms with Gasteiger partial charge in [0.1, 0.15) is 24.7 Å². The fraction of sp³-hybridized carbons (Fsp3) is 0.357. The van der Waals surface area contributed by atoms with E-state index in [1.165, 1.54) is 4.88 Å². The maximum Gasteiger partial charge on any atom is 0.254 e. The number of fused-ring (bicyclic) bond motifs is 1. The lowest BCUT2D eigenvalue weighted by molar-refractivity contribution is -0.135. The molecular weight excluding hydrogens is 460 g/mol. The van der Waals surface area contributed by atoms with Gasteiger partial charge in [-0.25, -0.2) is 0 Å². The molecule has 2 amide bonds. The van der Waals surface area contributed by atoms with Crippen LogP contribution >= 0.6 is 11.3 Å². The van der Waals surface area contributed by atoms with Crippen molar-refractivity contribution in [3.8, 4) is 11.5 Å². The summed E-state index contributed by atoms with van der Waals surface area (Å²) in [4.78, 5) is 31.7. The van der Waals surface area contributed by atoms with Crippen LogP contribution in [0, 0.1) is 5.92 Å². The van der Waals surface area contributed by atoms with E-state index in [1.807, 2.05) is 47.4 Å². The SMILES string of the molecule is COc1cccc(OC[C@@H]2c3ccsc3CCN2C(=O)CN(CC(C)C)C(=O)c2ccccc2)c1. The number of benzene rings is 2. The quantitative estimate of drug-likeness (QED) is 0.419. The van der Waals surface area contributed by atoms with Gasteiger partial charge in [0, 0.05) is 29.6 Å². The van der Waals surface area contributed by atoms with Crippen LogP contribution in [-0.2, 0) is 11.2 Å². The van der Waals surface area contributed by atoms with Crippen molar-refractivity contribution in [1.82, 2.24) is 9.80 Å². The van der Waals surface area contributed by atoms with E-state index >= 15 is 0 Å². The van der Waals surface area contributed by atoms with Crippen LogP contribution in [0.2, 0.25) is 0 Å². The highest BCUT2D eigenvalue weighted by atomic mass is 32.1. The number of methoxy groups -OCH3 is 1. The minimum absolute atomic E-state index is 0.0427. The van der Waals surface area contributed by atoms with Gasteiger partial charge in [-0.15, -0.1) is 11.3 Å². The molecule has 4 rings (SSSR count). The average molecular weight is 493 g/mol. The second-order valence-corrected chi connectivity index (χ2v) is 10.1. The van der Waals surface area contributed by atoms with E-state index in [2.05, 4.69) is 25.3 Å². The molecule has 0 N–H and O–H groups in total. The Balaban J connectivity index is 1.53. The lowest BCUT2D eigenvalue weighted by Gasteiger charge is -2.37. The van der Waals surface area contributed by atoms with Crippen molar-refractivity contribution in [2.75, 3.05) is 33.4 Å². The van der Waals surface area contributed by atoms with E-state index in [0.717, 1.165) is 17.7 Å². The van der Waals surface area contributed by atoms with Crippen molar-refractivity contribution in [2.45, 2.75) is 26.3 Å². The summed E-state index contributed by atoms with van der Waals surface area (Å²) in [6, 6.07) is 18.5. The first-order valence-corrected chi connectivity index (χ1v) is 12.8. The zero-order chi connectivity index (χ0) is 24.8. The topological polar surface area (TPSA) is 59.1 Å². The number of hydrogen-bond acceptors (Lipinski definition) is 5. The summed E-state index contributed by atoms with van der Waals surface area (Å²) >= 11 is 1.72. The maximum absolute atomic E-state index is 13.6. The zero-order valence-corrected chi connectivity index (χ0v) is 21.3. The van der Waals surface area contributed by atoms with Gasteiger partial charge in [-0.05, 0) is 53.6 Å². The Labute approximate surface area is 211 Å². The number of carbonyl (C=O) groups is 2. The summed E-state index contributed by atoms with van der Waals surface area (Å²) in [5.41, 5.74) is 1.72. The monoisotopic (exact) mass is 492 g/mol. The zero-order valence-electron chi connectivity index (χ0n) is 20.5. The van der Waals surface area contributed by atoms with Crippen LogP contribution in [0.4, 0.5) is 0 Å². The second-order valence-electron chi connectivity index (χ2n) is 9.09. The molecular formula is C28H32N2O4S. The lowest BCUT2D eigenvalue weighted by atomic mass is 10.00. The normalized spacial score (nSPS) is 15.0. The number of ether oxygens (including phenoxy) is 2. The molecule has 0 fully saturated rings. The molecule has 0 unspecified atom stereocenters. The highest BCUT2D eigenvalue weighted by Gasteiger charge is 2.33. The van der Waals surface area contributed by atoms with Crippen LogP contribution < -0.4 is 9.47 Å². The molecule has 7 heteroatoms. The molecule has 2 aromatic carbocycles. The highest BCUT2D eigenvalue weighted by Crippen LogP contribution is 2.34. The minimum atomic E-state index is -0.212. The van der Waals surface area contributed by atoms with Crippen molar-refractivity contribution in [3.05, 3.63) is 82.0 Å². The predicted molar refractivity (Wildman–Crippen MR) is 138 cm³/mol. The van der Waals surface area contributed by atoms with Gasteiger partial charge in [0.25, 0.3) is 5.91 Å². The van der Waals surface area contributed by atoms with Crippen molar-refractivity contribution in [3.63, 3.8) is 0 Å². The van der Waals surface area contributed by atoms with Crippen molar-refractivity contribution in [2.24, 2.45) is 5.92 Å². The first-order chi connectivity index (χ1) is 17.0. The number of nitrogens with zero attached hydrogens (tertiary/aromatic N) is 2. The summed E-state index contributed by atoms with van der Waals surface area (Å²) < 4.78 is 11.4.